The molecule has 1 aliphatic heterocycles. The summed E-state index contributed by atoms with van der Waals surface area (Å²) in [6, 6.07) is 10.5. The van der Waals surface area contributed by atoms with E-state index >= 15 is 0 Å². The summed E-state index contributed by atoms with van der Waals surface area (Å²) < 4.78 is 6.94. The van der Waals surface area contributed by atoms with Crippen LogP contribution in [-0.2, 0) is 4.74 Å². The third-order valence-corrected chi connectivity index (χ3v) is 6.12. The molecule has 1 aliphatic rings. The van der Waals surface area contributed by atoms with Crippen molar-refractivity contribution in [1.82, 2.24) is 4.90 Å². The average Bonchev–Trinajstić information content (AvgIpc) is 2.55. The van der Waals surface area contributed by atoms with Gasteiger partial charge in [-0.2, -0.15) is 4.99 Å². The maximum absolute atomic E-state index is 6.13. The molecule has 1 fully saturated rings. The van der Waals surface area contributed by atoms with Crippen LogP contribution in [0.15, 0.2) is 35.3 Å². The number of ether oxygens (including phenoxy) is 1. The SMILES string of the molecule is CSC(=S)N1CC(C(C)C)(C(C)C)COC1=Nc1ccccc1. The molecule has 0 amide bonds. The van der Waals surface area contributed by atoms with Gasteiger partial charge in [0.2, 0.25) is 0 Å². The second-order valence-electron chi connectivity index (χ2n) is 6.62. The molecule has 0 unspecified atom stereocenters. The normalized spacial score (nSPS) is 19.3. The molecule has 2 rings (SSSR count). The van der Waals surface area contributed by atoms with Crippen LogP contribution in [-0.4, -0.2) is 34.6 Å². The van der Waals surface area contributed by atoms with Gasteiger partial charge in [-0.25, -0.2) is 0 Å². The monoisotopic (exact) mass is 350 g/mol. The van der Waals surface area contributed by atoms with E-state index in [1.165, 1.54) is 0 Å². The first kappa shape index (κ1) is 18.3. The molecule has 1 saturated heterocycles. The highest BCUT2D eigenvalue weighted by Gasteiger charge is 2.45. The molecule has 1 aromatic rings. The number of para-hydroxylation sites is 1. The van der Waals surface area contributed by atoms with Gasteiger partial charge in [-0.1, -0.05) is 69.9 Å². The van der Waals surface area contributed by atoms with Gasteiger partial charge in [0.1, 0.15) is 4.32 Å². The van der Waals surface area contributed by atoms with Crippen molar-refractivity contribution in [3.8, 4) is 0 Å². The maximum atomic E-state index is 6.13. The fourth-order valence-corrected chi connectivity index (χ4v) is 3.51. The van der Waals surface area contributed by atoms with E-state index in [-0.39, 0.29) is 5.41 Å². The molecule has 0 aliphatic carbocycles. The van der Waals surface area contributed by atoms with E-state index < -0.39 is 0 Å². The quantitative estimate of drug-likeness (QED) is 0.720. The summed E-state index contributed by atoms with van der Waals surface area (Å²) in [6.45, 7) is 10.6. The van der Waals surface area contributed by atoms with Gasteiger partial charge >= 0.3 is 0 Å². The molecule has 126 valence electrons. The van der Waals surface area contributed by atoms with Crippen LogP contribution in [0.5, 0.6) is 0 Å². The number of thioether (sulfide) groups is 1. The number of nitrogens with zero attached hydrogens (tertiary/aromatic N) is 2. The Labute approximate surface area is 149 Å². The van der Waals surface area contributed by atoms with Gasteiger partial charge in [-0.15, -0.1) is 0 Å². The number of hydrogen-bond acceptors (Lipinski definition) is 4. The van der Waals surface area contributed by atoms with E-state index in [1.807, 2.05) is 36.6 Å². The molecule has 0 aromatic heterocycles. The summed E-state index contributed by atoms with van der Waals surface area (Å²) in [5, 5.41) is 0. The molecular weight excluding hydrogens is 324 g/mol. The van der Waals surface area contributed by atoms with Crippen molar-refractivity contribution in [2.75, 3.05) is 19.4 Å². The lowest BCUT2D eigenvalue weighted by molar-refractivity contribution is -0.00981. The Balaban J connectivity index is 2.36. The molecular formula is C18H26N2OS2. The summed E-state index contributed by atoms with van der Waals surface area (Å²) in [5.74, 6) is 1.01. The molecule has 0 radical (unpaired) electrons. The Morgan fingerprint density at radius 2 is 1.83 bits per heavy atom. The Morgan fingerprint density at radius 1 is 1.22 bits per heavy atom. The predicted molar refractivity (Wildman–Crippen MR) is 104 cm³/mol. The second kappa shape index (κ2) is 7.67. The molecule has 5 heteroatoms. The van der Waals surface area contributed by atoms with Gasteiger partial charge in [0, 0.05) is 12.0 Å². The Bertz CT molecular complexity index is 562. The molecule has 0 atom stereocenters. The van der Waals surface area contributed by atoms with E-state index in [0.717, 1.165) is 16.6 Å². The van der Waals surface area contributed by atoms with Crippen molar-refractivity contribution >= 4 is 40.0 Å². The summed E-state index contributed by atoms with van der Waals surface area (Å²) in [6.07, 6.45) is 2.00. The highest BCUT2D eigenvalue weighted by Crippen LogP contribution is 2.40. The molecule has 0 saturated carbocycles. The third kappa shape index (κ3) is 3.89. The van der Waals surface area contributed by atoms with Gasteiger partial charge in [0.15, 0.2) is 0 Å². The van der Waals surface area contributed by atoms with Gasteiger partial charge < -0.3 is 4.74 Å². The number of benzene rings is 1. The highest BCUT2D eigenvalue weighted by molar-refractivity contribution is 8.22. The van der Waals surface area contributed by atoms with Crippen LogP contribution < -0.4 is 0 Å². The minimum atomic E-state index is 0.0789. The second-order valence-corrected chi connectivity index (χ2v) is 8.06. The Hall–Kier alpha value is -1.07. The first-order chi connectivity index (χ1) is 10.9. The van der Waals surface area contributed by atoms with Gasteiger partial charge in [0.05, 0.1) is 12.3 Å². The van der Waals surface area contributed by atoms with E-state index in [2.05, 4.69) is 37.6 Å². The molecule has 0 N–H and O–H groups in total. The maximum Gasteiger partial charge on any atom is 0.298 e. The first-order valence-electron chi connectivity index (χ1n) is 8.02. The van der Waals surface area contributed by atoms with Crippen molar-refractivity contribution in [3.63, 3.8) is 0 Å². The zero-order valence-electron chi connectivity index (χ0n) is 14.6. The average molecular weight is 351 g/mol. The van der Waals surface area contributed by atoms with Crippen molar-refractivity contribution in [1.29, 1.82) is 0 Å². The van der Waals surface area contributed by atoms with Crippen LogP contribution in [0.2, 0.25) is 0 Å². The first-order valence-corrected chi connectivity index (χ1v) is 9.66. The lowest BCUT2D eigenvalue weighted by atomic mass is 9.68. The molecule has 0 spiro atoms. The lowest BCUT2D eigenvalue weighted by Gasteiger charge is -2.48. The molecule has 1 aromatic carbocycles. The van der Waals surface area contributed by atoms with Crippen molar-refractivity contribution in [2.24, 2.45) is 22.2 Å². The molecule has 23 heavy (non-hydrogen) atoms. The topological polar surface area (TPSA) is 24.8 Å². The summed E-state index contributed by atoms with van der Waals surface area (Å²) in [7, 11) is 0. The number of thiocarbonyl (C=S) groups is 1. The fourth-order valence-electron chi connectivity index (χ4n) is 3.01. The minimum absolute atomic E-state index is 0.0789. The molecule has 1 heterocycles. The van der Waals surface area contributed by atoms with E-state index in [0.29, 0.717) is 24.5 Å². The molecule has 3 nitrogen and oxygen atoms in total. The van der Waals surface area contributed by atoms with Gasteiger partial charge in [0.25, 0.3) is 6.02 Å². The Morgan fingerprint density at radius 3 is 2.35 bits per heavy atom. The summed E-state index contributed by atoms with van der Waals surface area (Å²) in [4.78, 5) is 6.74. The standard InChI is InChI=1S/C18H26N2OS2/c1-13(2)18(14(3)4)11-20(17(22)23-5)16(21-12-18)19-15-9-7-6-8-10-15/h6-10,13-14H,11-12H2,1-5H3. The van der Waals surface area contributed by atoms with Crippen LogP contribution in [0, 0.1) is 17.3 Å². The predicted octanol–water partition coefficient (Wildman–Crippen LogP) is 4.95. The van der Waals surface area contributed by atoms with Gasteiger partial charge in [-0.3, -0.25) is 4.90 Å². The van der Waals surface area contributed by atoms with Crippen LogP contribution in [0.1, 0.15) is 27.7 Å². The minimum Gasteiger partial charge on any atom is -0.464 e. The van der Waals surface area contributed by atoms with Crippen LogP contribution in [0.3, 0.4) is 0 Å². The van der Waals surface area contributed by atoms with E-state index in [9.17, 15) is 0 Å². The highest BCUT2D eigenvalue weighted by atomic mass is 32.2. The Kier molecular flexibility index (Phi) is 6.09. The van der Waals surface area contributed by atoms with Crippen molar-refractivity contribution < 1.29 is 4.74 Å². The van der Waals surface area contributed by atoms with Crippen molar-refractivity contribution in [3.05, 3.63) is 30.3 Å². The van der Waals surface area contributed by atoms with Crippen LogP contribution >= 0.6 is 24.0 Å². The van der Waals surface area contributed by atoms with Crippen LogP contribution in [0.25, 0.3) is 0 Å². The molecule has 0 bridgehead atoms. The third-order valence-electron chi connectivity index (χ3n) is 4.83. The number of aliphatic imine (C=N–C) groups is 1. The summed E-state index contributed by atoms with van der Waals surface area (Å²) in [5.41, 5.74) is 0.966. The van der Waals surface area contributed by atoms with E-state index in [1.54, 1.807) is 11.8 Å². The van der Waals surface area contributed by atoms with Crippen molar-refractivity contribution in [2.45, 2.75) is 27.7 Å². The zero-order valence-corrected chi connectivity index (χ0v) is 16.2. The van der Waals surface area contributed by atoms with Crippen LogP contribution in [0.4, 0.5) is 5.69 Å². The number of amidine groups is 1. The lowest BCUT2D eigenvalue weighted by Crippen LogP contribution is -2.56. The number of rotatable bonds is 3. The summed E-state index contributed by atoms with van der Waals surface area (Å²) >= 11 is 7.14. The fraction of sp³-hybridized carbons (Fsp3) is 0.556. The zero-order chi connectivity index (χ0) is 17.0. The largest absolute Gasteiger partial charge is 0.464 e. The smallest absolute Gasteiger partial charge is 0.298 e. The number of hydrogen-bond donors (Lipinski definition) is 0. The van der Waals surface area contributed by atoms with Gasteiger partial charge in [-0.05, 0) is 30.2 Å². The van der Waals surface area contributed by atoms with E-state index in [4.69, 9.17) is 17.0 Å².